The molecule has 0 amide bonds. The largest absolute Gasteiger partial charge is 0.505 e. The second-order valence-electron chi connectivity index (χ2n) is 5.85. The van der Waals surface area contributed by atoms with Crippen molar-refractivity contribution >= 4 is 46.9 Å². The number of benzene rings is 3. The van der Waals surface area contributed by atoms with Crippen LogP contribution in [0.2, 0.25) is 10.0 Å². The van der Waals surface area contributed by atoms with Gasteiger partial charge in [-0.25, -0.2) is 0 Å². The minimum atomic E-state index is 0.0477. The molecule has 0 saturated carbocycles. The van der Waals surface area contributed by atoms with Crippen molar-refractivity contribution in [1.82, 2.24) is 0 Å². The average Bonchev–Trinajstić information content (AvgIpc) is 2.64. The van der Waals surface area contributed by atoms with E-state index in [-0.39, 0.29) is 12.2 Å². The predicted octanol–water partition coefficient (Wildman–Crippen LogP) is 6.20. The maximum atomic E-state index is 10.8. The maximum Gasteiger partial charge on any atom is 0.142 e. The van der Waals surface area contributed by atoms with Gasteiger partial charge in [0.2, 0.25) is 0 Å². The van der Waals surface area contributed by atoms with Crippen molar-refractivity contribution in [2.45, 2.75) is 22.8 Å². The van der Waals surface area contributed by atoms with Gasteiger partial charge in [-0.1, -0.05) is 59.2 Å². The summed E-state index contributed by atoms with van der Waals surface area (Å²) in [6, 6.07) is 19.0. The fourth-order valence-corrected chi connectivity index (χ4v) is 4.13. The van der Waals surface area contributed by atoms with Crippen LogP contribution >= 0.6 is 35.0 Å². The van der Waals surface area contributed by atoms with Crippen molar-refractivity contribution in [3.8, 4) is 5.75 Å². The Bertz CT molecular complexity index is 963. The number of phenolic OH excluding ortho intramolecular Hbond substituents is 1. The van der Waals surface area contributed by atoms with Crippen molar-refractivity contribution in [2.24, 2.45) is 0 Å². The molecule has 0 aliphatic carbocycles. The van der Waals surface area contributed by atoms with E-state index in [0.29, 0.717) is 27.8 Å². The number of aromatic hydroxyl groups is 1. The fraction of sp³-hybridized carbons (Fsp3) is 0.0952. The molecule has 3 nitrogen and oxygen atoms in total. The van der Waals surface area contributed by atoms with E-state index in [0.717, 1.165) is 21.6 Å². The molecule has 0 saturated heterocycles. The topological polar surface area (TPSA) is 49.3 Å². The molecule has 2 N–H and O–H groups in total. The van der Waals surface area contributed by atoms with Gasteiger partial charge in [0.05, 0.1) is 5.69 Å². The first-order valence-corrected chi connectivity index (χ1v) is 9.84. The van der Waals surface area contributed by atoms with Gasteiger partial charge in [-0.2, -0.15) is 0 Å². The standard InChI is InChI=1S/C21H17Cl2NO2S/c22-16-5-3-6-18(11-16)27-20-7-2-1-4-15(20)13-24-19-12-17(23)10-14(8-9-25)21(19)26/h1-7,9-12,24,26H,8,13H2. The van der Waals surface area contributed by atoms with Gasteiger partial charge in [0.15, 0.2) is 0 Å². The Labute approximate surface area is 172 Å². The van der Waals surface area contributed by atoms with Crippen molar-refractivity contribution in [2.75, 3.05) is 5.32 Å². The summed E-state index contributed by atoms with van der Waals surface area (Å²) in [7, 11) is 0. The van der Waals surface area contributed by atoms with E-state index in [9.17, 15) is 9.90 Å². The lowest BCUT2D eigenvalue weighted by molar-refractivity contribution is -0.107. The van der Waals surface area contributed by atoms with Crippen LogP contribution in [0.25, 0.3) is 0 Å². The number of carbonyl (C=O) groups is 1. The first kappa shape index (κ1) is 19.6. The van der Waals surface area contributed by atoms with Gasteiger partial charge in [-0.15, -0.1) is 0 Å². The Kier molecular flexibility index (Phi) is 6.67. The zero-order chi connectivity index (χ0) is 19.2. The van der Waals surface area contributed by atoms with Crippen LogP contribution in [0.3, 0.4) is 0 Å². The van der Waals surface area contributed by atoms with Crippen molar-refractivity contribution in [3.05, 3.63) is 81.8 Å². The van der Waals surface area contributed by atoms with Crippen LogP contribution < -0.4 is 5.32 Å². The summed E-state index contributed by atoms with van der Waals surface area (Å²) in [5, 5.41) is 14.7. The first-order chi connectivity index (χ1) is 13.1. The number of rotatable bonds is 7. The van der Waals surface area contributed by atoms with Gasteiger partial charge in [0.25, 0.3) is 0 Å². The number of hydrogen-bond acceptors (Lipinski definition) is 4. The van der Waals surface area contributed by atoms with Gasteiger partial charge in [0.1, 0.15) is 12.0 Å². The molecule has 0 fully saturated rings. The van der Waals surface area contributed by atoms with Crippen LogP contribution in [0.5, 0.6) is 5.75 Å². The number of carbonyl (C=O) groups excluding carboxylic acids is 1. The summed E-state index contributed by atoms with van der Waals surface area (Å²) in [5.41, 5.74) is 2.07. The molecule has 3 aromatic carbocycles. The molecule has 138 valence electrons. The molecule has 27 heavy (non-hydrogen) atoms. The van der Waals surface area contributed by atoms with Gasteiger partial charge < -0.3 is 15.2 Å². The monoisotopic (exact) mass is 417 g/mol. The van der Waals surface area contributed by atoms with E-state index < -0.39 is 0 Å². The normalized spacial score (nSPS) is 10.6. The first-order valence-electron chi connectivity index (χ1n) is 8.27. The fourth-order valence-electron chi connectivity index (χ4n) is 2.63. The van der Waals surface area contributed by atoms with Crippen LogP contribution in [-0.2, 0) is 17.8 Å². The SMILES string of the molecule is O=CCc1cc(Cl)cc(NCc2ccccc2Sc2cccc(Cl)c2)c1O. The van der Waals surface area contributed by atoms with Crippen LogP contribution in [-0.4, -0.2) is 11.4 Å². The van der Waals surface area contributed by atoms with E-state index in [4.69, 9.17) is 23.2 Å². The molecule has 6 heteroatoms. The van der Waals surface area contributed by atoms with E-state index in [2.05, 4.69) is 5.32 Å². The summed E-state index contributed by atoms with van der Waals surface area (Å²) in [6.07, 6.45) is 0.856. The van der Waals surface area contributed by atoms with Crippen molar-refractivity contribution < 1.29 is 9.90 Å². The Morgan fingerprint density at radius 2 is 1.78 bits per heavy atom. The van der Waals surface area contributed by atoms with Gasteiger partial charge >= 0.3 is 0 Å². The summed E-state index contributed by atoms with van der Waals surface area (Å²) in [4.78, 5) is 12.9. The highest BCUT2D eigenvalue weighted by molar-refractivity contribution is 7.99. The molecule has 0 aliphatic heterocycles. The van der Waals surface area contributed by atoms with E-state index >= 15 is 0 Å². The Balaban J connectivity index is 1.80. The number of aldehydes is 1. The highest BCUT2D eigenvalue weighted by Crippen LogP contribution is 2.34. The van der Waals surface area contributed by atoms with E-state index in [1.165, 1.54) is 0 Å². The van der Waals surface area contributed by atoms with Crippen LogP contribution in [0, 0.1) is 0 Å². The molecule has 0 atom stereocenters. The smallest absolute Gasteiger partial charge is 0.142 e. The molecule has 3 rings (SSSR count). The average molecular weight is 418 g/mol. The summed E-state index contributed by atoms with van der Waals surface area (Å²) >= 11 is 13.8. The van der Waals surface area contributed by atoms with Gasteiger partial charge in [-0.3, -0.25) is 0 Å². The highest BCUT2D eigenvalue weighted by Gasteiger charge is 2.11. The molecule has 0 unspecified atom stereocenters. The molecule has 0 aromatic heterocycles. The zero-order valence-corrected chi connectivity index (χ0v) is 16.6. The molecule has 0 spiro atoms. The Hall–Kier alpha value is -2.14. The lowest BCUT2D eigenvalue weighted by Gasteiger charge is -2.14. The maximum absolute atomic E-state index is 10.8. The predicted molar refractivity (Wildman–Crippen MR) is 112 cm³/mol. The lowest BCUT2D eigenvalue weighted by atomic mass is 10.1. The third kappa shape index (κ3) is 5.19. The number of phenols is 1. The zero-order valence-electron chi connectivity index (χ0n) is 14.3. The Morgan fingerprint density at radius 3 is 2.56 bits per heavy atom. The van der Waals surface area contributed by atoms with Gasteiger partial charge in [-0.05, 0) is 42.0 Å². The second-order valence-corrected chi connectivity index (χ2v) is 7.84. The van der Waals surface area contributed by atoms with Gasteiger partial charge in [0, 0.05) is 38.4 Å². The number of nitrogens with one attached hydrogen (secondary N) is 1. The number of halogens is 2. The number of anilines is 1. The minimum absolute atomic E-state index is 0.0477. The minimum Gasteiger partial charge on any atom is -0.505 e. The Morgan fingerprint density at radius 1 is 0.963 bits per heavy atom. The third-order valence-electron chi connectivity index (χ3n) is 3.92. The highest BCUT2D eigenvalue weighted by atomic mass is 35.5. The molecule has 0 radical (unpaired) electrons. The van der Waals surface area contributed by atoms with E-state index in [1.54, 1.807) is 23.9 Å². The molecule has 0 bridgehead atoms. The van der Waals surface area contributed by atoms with Crippen LogP contribution in [0.4, 0.5) is 5.69 Å². The lowest BCUT2D eigenvalue weighted by Crippen LogP contribution is -2.02. The van der Waals surface area contributed by atoms with Crippen molar-refractivity contribution in [1.29, 1.82) is 0 Å². The third-order valence-corrected chi connectivity index (χ3v) is 5.48. The summed E-state index contributed by atoms with van der Waals surface area (Å²) < 4.78 is 0. The van der Waals surface area contributed by atoms with Crippen molar-refractivity contribution in [3.63, 3.8) is 0 Å². The summed E-state index contributed by atoms with van der Waals surface area (Å²) in [5.74, 6) is 0.0477. The van der Waals surface area contributed by atoms with E-state index in [1.807, 2.05) is 48.5 Å². The van der Waals surface area contributed by atoms with Crippen LogP contribution in [0.1, 0.15) is 11.1 Å². The molecule has 0 aliphatic rings. The molecular weight excluding hydrogens is 401 g/mol. The second kappa shape index (κ2) is 9.18. The molecule has 3 aromatic rings. The summed E-state index contributed by atoms with van der Waals surface area (Å²) in [6.45, 7) is 0.498. The molecule has 0 heterocycles. The molecular formula is C21H17Cl2NO2S. The van der Waals surface area contributed by atoms with Crippen LogP contribution in [0.15, 0.2) is 70.5 Å². The quantitative estimate of drug-likeness (QED) is 0.354. The number of hydrogen-bond donors (Lipinski definition) is 2.